The van der Waals surface area contributed by atoms with Crippen LogP contribution in [0, 0.1) is 5.92 Å². The summed E-state index contributed by atoms with van der Waals surface area (Å²) in [5.41, 5.74) is 1.45. The van der Waals surface area contributed by atoms with Crippen LogP contribution in [0.4, 0.5) is 0 Å². The molecular formula is C41H82. The Morgan fingerprint density at radius 1 is 0.317 bits per heavy atom. The van der Waals surface area contributed by atoms with Gasteiger partial charge in [-0.05, 0) is 25.7 Å². The van der Waals surface area contributed by atoms with Gasteiger partial charge in [0.05, 0.1) is 0 Å². The Kier molecular flexibility index (Phi) is 35.7. The van der Waals surface area contributed by atoms with Crippen LogP contribution < -0.4 is 0 Å². The predicted molar refractivity (Wildman–Crippen MR) is 191 cm³/mol. The minimum Gasteiger partial charge on any atom is -0.0999 e. The van der Waals surface area contributed by atoms with Crippen molar-refractivity contribution in [3.05, 3.63) is 12.2 Å². The molecule has 0 saturated carbocycles. The van der Waals surface area contributed by atoms with Gasteiger partial charge in [0.2, 0.25) is 0 Å². The Morgan fingerprint density at radius 2 is 0.488 bits per heavy atom. The highest BCUT2D eigenvalue weighted by molar-refractivity contribution is 4.95. The Hall–Kier alpha value is -0.260. The molecule has 0 rings (SSSR count). The maximum Gasteiger partial charge on any atom is -0.0209 e. The van der Waals surface area contributed by atoms with E-state index in [1.807, 2.05) is 0 Å². The minimum atomic E-state index is 0.790. The molecule has 1 atom stereocenters. The zero-order chi connectivity index (χ0) is 29.9. The number of hydrogen-bond acceptors (Lipinski definition) is 0. The Bertz CT molecular complexity index is 476. The second-order valence-electron chi connectivity index (χ2n) is 14.1. The molecule has 0 heteroatoms. The first-order valence-corrected chi connectivity index (χ1v) is 19.9. The number of rotatable bonds is 36. The van der Waals surface area contributed by atoms with Crippen LogP contribution in [-0.4, -0.2) is 0 Å². The topological polar surface area (TPSA) is 0 Å². The van der Waals surface area contributed by atoms with Crippen LogP contribution in [0.3, 0.4) is 0 Å². The molecule has 0 aromatic heterocycles. The van der Waals surface area contributed by atoms with Gasteiger partial charge in [0.25, 0.3) is 0 Å². The molecule has 0 heterocycles. The van der Waals surface area contributed by atoms with Crippen LogP contribution in [0.2, 0.25) is 0 Å². The zero-order valence-electron chi connectivity index (χ0n) is 29.5. The molecule has 0 aromatic rings. The molecule has 0 saturated heterocycles. The van der Waals surface area contributed by atoms with Gasteiger partial charge in [-0.3, -0.25) is 0 Å². The van der Waals surface area contributed by atoms with Crippen LogP contribution in [0.25, 0.3) is 0 Å². The summed E-state index contributed by atoms with van der Waals surface area (Å²) in [5, 5.41) is 0. The van der Waals surface area contributed by atoms with Crippen LogP contribution in [0.5, 0.6) is 0 Å². The molecule has 0 spiro atoms. The van der Waals surface area contributed by atoms with Crippen molar-refractivity contribution in [1.29, 1.82) is 0 Å². The lowest BCUT2D eigenvalue weighted by Gasteiger charge is -2.17. The molecule has 0 amide bonds. The first-order valence-electron chi connectivity index (χ1n) is 19.9. The molecule has 41 heavy (non-hydrogen) atoms. The number of hydrogen-bond donors (Lipinski definition) is 0. The zero-order valence-corrected chi connectivity index (χ0v) is 29.5. The second kappa shape index (κ2) is 35.9. The van der Waals surface area contributed by atoms with Crippen molar-refractivity contribution in [3.63, 3.8) is 0 Å². The standard InChI is InChI=1S/C41H82/c1-5-7-9-11-13-15-17-19-21-23-25-27-29-31-33-35-37-39-41(40(3)4)38-36-34-32-30-28-26-24-22-20-18-16-14-12-10-8-6-2/h41H,3,5-39H2,1-2,4H3. The average molecular weight is 575 g/mol. The van der Waals surface area contributed by atoms with E-state index in [0.717, 1.165) is 5.92 Å². The fraction of sp³-hybridized carbons (Fsp3) is 0.951. The van der Waals surface area contributed by atoms with E-state index in [4.69, 9.17) is 0 Å². The van der Waals surface area contributed by atoms with Gasteiger partial charge < -0.3 is 0 Å². The molecule has 0 aliphatic carbocycles. The van der Waals surface area contributed by atoms with Crippen molar-refractivity contribution >= 4 is 0 Å². The third kappa shape index (κ3) is 34.1. The molecule has 0 aliphatic heterocycles. The highest BCUT2D eigenvalue weighted by Crippen LogP contribution is 2.25. The average Bonchev–Trinajstić information content (AvgIpc) is 2.97. The van der Waals surface area contributed by atoms with Gasteiger partial charge in [0.1, 0.15) is 0 Å². The third-order valence-electron chi connectivity index (χ3n) is 9.76. The van der Waals surface area contributed by atoms with Crippen molar-refractivity contribution in [2.45, 2.75) is 245 Å². The lowest BCUT2D eigenvalue weighted by molar-refractivity contribution is 0.447. The smallest absolute Gasteiger partial charge is 0.0209 e. The van der Waals surface area contributed by atoms with Crippen molar-refractivity contribution < 1.29 is 0 Å². The van der Waals surface area contributed by atoms with Gasteiger partial charge in [-0.25, -0.2) is 0 Å². The first kappa shape index (κ1) is 40.7. The van der Waals surface area contributed by atoms with E-state index in [1.54, 1.807) is 0 Å². The summed E-state index contributed by atoms with van der Waals surface area (Å²) in [5.74, 6) is 0.790. The summed E-state index contributed by atoms with van der Waals surface area (Å²) >= 11 is 0. The summed E-state index contributed by atoms with van der Waals surface area (Å²) in [4.78, 5) is 0. The summed E-state index contributed by atoms with van der Waals surface area (Å²) in [6.07, 6.45) is 51.0. The molecule has 0 bridgehead atoms. The quantitative estimate of drug-likeness (QED) is 0.0515. The van der Waals surface area contributed by atoms with E-state index in [9.17, 15) is 0 Å². The van der Waals surface area contributed by atoms with E-state index < -0.39 is 0 Å². The van der Waals surface area contributed by atoms with Gasteiger partial charge in [0, 0.05) is 0 Å². The molecule has 1 unspecified atom stereocenters. The predicted octanol–water partition coefficient (Wildman–Crippen LogP) is 15.9. The first-order chi connectivity index (χ1) is 20.2. The maximum atomic E-state index is 4.34. The Morgan fingerprint density at radius 3 is 0.659 bits per heavy atom. The van der Waals surface area contributed by atoms with E-state index in [2.05, 4.69) is 27.4 Å². The molecule has 0 fully saturated rings. The number of unbranched alkanes of at least 4 members (excludes halogenated alkanes) is 31. The van der Waals surface area contributed by atoms with Gasteiger partial charge >= 0.3 is 0 Å². The van der Waals surface area contributed by atoms with Crippen LogP contribution in [-0.2, 0) is 0 Å². The molecule has 246 valence electrons. The molecule has 0 nitrogen and oxygen atoms in total. The number of allylic oxidation sites excluding steroid dienone is 1. The Balaban J connectivity index is 3.37. The lowest BCUT2D eigenvalue weighted by Crippen LogP contribution is -2.02. The van der Waals surface area contributed by atoms with Gasteiger partial charge in [-0.15, -0.1) is 0 Å². The van der Waals surface area contributed by atoms with Gasteiger partial charge in [0.15, 0.2) is 0 Å². The third-order valence-corrected chi connectivity index (χ3v) is 9.76. The van der Waals surface area contributed by atoms with Crippen molar-refractivity contribution in [3.8, 4) is 0 Å². The summed E-state index contributed by atoms with van der Waals surface area (Å²) in [7, 11) is 0. The maximum absolute atomic E-state index is 4.34. The van der Waals surface area contributed by atoms with E-state index in [-0.39, 0.29) is 0 Å². The SMILES string of the molecule is C=C(C)C(CCCCCCCCCCCCCCCCCC)CCCCCCCCCCCCCCCCCCC. The fourth-order valence-electron chi connectivity index (χ4n) is 6.69. The van der Waals surface area contributed by atoms with Crippen molar-refractivity contribution in [2.24, 2.45) is 5.92 Å². The van der Waals surface area contributed by atoms with Crippen LogP contribution in [0.15, 0.2) is 12.2 Å². The Labute approximate surface area is 263 Å². The molecule has 0 aliphatic rings. The molecular weight excluding hydrogens is 492 g/mol. The van der Waals surface area contributed by atoms with Gasteiger partial charge in [-0.1, -0.05) is 238 Å². The molecule has 0 N–H and O–H groups in total. The van der Waals surface area contributed by atoms with E-state index >= 15 is 0 Å². The van der Waals surface area contributed by atoms with Crippen LogP contribution in [0.1, 0.15) is 245 Å². The summed E-state index contributed by atoms with van der Waals surface area (Å²) < 4.78 is 0. The largest absolute Gasteiger partial charge is 0.0999 e. The minimum absolute atomic E-state index is 0.790. The van der Waals surface area contributed by atoms with E-state index in [0.29, 0.717) is 0 Å². The summed E-state index contributed by atoms with van der Waals surface area (Å²) in [6, 6.07) is 0. The fourth-order valence-corrected chi connectivity index (χ4v) is 6.69. The van der Waals surface area contributed by atoms with Crippen molar-refractivity contribution in [1.82, 2.24) is 0 Å². The highest BCUT2D eigenvalue weighted by atomic mass is 14.1. The summed E-state index contributed by atoms with van der Waals surface area (Å²) in [6.45, 7) is 11.2. The van der Waals surface area contributed by atoms with Crippen LogP contribution >= 0.6 is 0 Å². The highest BCUT2D eigenvalue weighted by Gasteiger charge is 2.09. The second-order valence-corrected chi connectivity index (χ2v) is 14.1. The monoisotopic (exact) mass is 575 g/mol. The normalized spacial score (nSPS) is 12.3. The van der Waals surface area contributed by atoms with Crippen molar-refractivity contribution in [2.75, 3.05) is 0 Å². The van der Waals surface area contributed by atoms with E-state index in [1.165, 1.54) is 230 Å². The van der Waals surface area contributed by atoms with Gasteiger partial charge in [-0.2, -0.15) is 0 Å². The molecule has 0 radical (unpaired) electrons. The molecule has 0 aromatic carbocycles. The lowest BCUT2D eigenvalue weighted by atomic mass is 9.89.